The number of ether oxygens (including phenoxy) is 2. The van der Waals surface area contributed by atoms with E-state index in [0.29, 0.717) is 17.2 Å². The molecule has 0 radical (unpaired) electrons. The zero-order chi connectivity index (χ0) is 13.7. The van der Waals surface area contributed by atoms with E-state index in [1.54, 1.807) is 19.4 Å². The number of pyridine rings is 1. The van der Waals surface area contributed by atoms with Gasteiger partial charge in [-0.3, -0.25) is 10.4 Å². The molecule has 3 N–H and O–H groups in total. The molecule has 0 aliphatic heterocycles. The van der Waals surface area contributed by atoms with E-state index in [9.17, 15) is 0 Å². The van der Waals surface area contributed by atoms with Crippen LogP contribution in [0.5, 0.6) is 11.5 Å². The molecule has 2 rings (SSSR count). The lowest BCUT2D eigenvalue weighted by Gasteiger charge is -2.11. The molecule has 0 bridgehead atoms. The highest BCUT2D eigenvalue weighted by atomic mass is 16.5. The van der Waals surface area contributed by atoms with Crippen molar-refractivity contribution in [1.82, 2.24) is 4.98 Å². The van der Waals surface area contributed by atoms with E-state index in [1.165, 1.54) is 0 Å². The maximum Gasteiger partial charge on any atom is 0.161 e. The number of nitrogen functional groups attached to an aromatic ring is 1. The zero-order valence-corrected chi connectivity index (χ0v) is 10.6. The van der Waals surface area contributed by atoms with Crippen molar-refractivity contribution in [3.8, 4) is 11.5 Å². The Morgan fingerprint density at radius 2 is 1.95 bits per heavy atom. The Morgan fingerprint density at radius 3 is 2.63 bits per heavy atom. The van der Waals surface area contributed by atoms with Crippen molar-refractivity contribution in [2.45, 2.75) is 6.61 Å². The van der Waals surface area contributed by atoms with Gasteiger partial charge in [-0.05, 0) is 18.2 Å². The van der Waals surface area contributed by atoms with E-state index in [1.807, 2.05) is 30.3 Å². The fraction of sp³-hybridized carbons (Fsp3) is 0.143. The molecule has 0 saturated carbocycles. The minimum Gasteiger partial charge on any atom is -0.493 e. The van der Waals surface area contributed by atoms with Gasteiger partial charge in [0.25, 0.3) is 0 Å². The fourth-order valence-electron chi connectivity index (χ4n) is 1.69. The smallest absolute Gasteiger partial charge is 0.161 e. The van der Waals surface area contributed by atoms with Gasteiger partial charge in [0, 0.05) is 11.8 Å². The van der Waals surface area contributed by atoms with Crippen LogP contribution in [0.1, 0.15) is 11.3 Å². The van der Waals surface area contributed by atoms with Crippen LogP contribution in [-0.4, -0.2) is 17.9 Å². The summed E-state index contributed by atoms with van der Waals surface area (Å²) in [7, 11) is 1.59. The van der Waals surface area contributed by atoms with Gasteiger partial charge in [-0.25, -0.2) is 0 Å². The van der Waals surface area contributed by atoms with Crippen LogP contribution in [0.3, 0.4) is 0 Å². The Bertz CT molecular complexity index is 584. The number of rotatable bonds is 5. The maximum atomic E-state index is 7.47. The van der Waals surface area contributed by atoms with Crippen LogP contribution in [0.2, 0.25) is 0 Å². The Morgan fingerprint density at radius 1 is 1.21 bits per heavy atom. The van der Waals surface area contributed by atoms with Crippen LogP contribution in [0.4, 0.5) is 0 Å². The van der Waals surface area contributed by atoms with Gasteiger partial charge in [0.2, 0.25) is 0 Å². The summed E-state index contributed by atoms with van der Waals surface area (Å²) in [5, 5.41) is 7.47. The number of methoxy groups -OCH3 is 1. The molecule has 1 aromatic heterocycles. The summed E-state index contributed by atoms with van der Waals surface area (Å²) in [4.78, 5) is 4.07. The molecule has 1 heterocycles. The number of benzene rings is 1. The molecular weight excluding hydrogens is 242 g/mol. The minimum absolute atomic E-state index is 0.0702. The van der Waals surface area contributed by atoms with Gasteiger partial charge in [0.15, 0.2) is 11.5 Å². The van der Waals surface area contributed by atoms with Crippen LogP contribution < -0.4 is 15.2 Å². The highest BCUT2D eigenvalue weighted by molar-refractivity contribution is 5.94. The van der Waals surface area contributed by atoms with E-state index in [0.717, 1.165) is 5.56 Å². The molecule has 0 atom stereocenters. The van der Waals surface area contributed by atoms with Crippen molar-refractivity contribution < 1.29 is 9.47 Å². The molecule has 0 unspecified atom stereocenters. The summed E-state index contributed by atoms with van der Waals surface area (Å²) in [6, 6.07) is 11.0. The van der Waals surface area contributed by atoms with Crippen molar-refractivity contribution in [1.29, 1.82) is 5.41 Å². The molecule has 19 heavy (non-hydrogen) atoms. The Hall–Kier alpha value is -2.56. The third kappa shape index (κ3) is 3.01. The van der Waals surface area contributed by atoms with Gasteiger partial charge < -0.3 is 15.2 Å². The standard InChI is InChI=1S/C14H15N3O2/c1-18-11-6-2-3-7-12(11)19-9-10-5-4-8-17-13(10)14(15)16/h2-8H,9H2,1H3,(H3,15,16). The predicted octanol–water partition coefficient (Wildman–Crippen LogP) is 1.95. The number of aromatic nitrogens is 1. The highest BCUT2D eigenvalue weighted by Crippen LogP contribution is 2.26. The summed E-state index contributed by atoms with van der Waals surface area (Å²) >= 11 is 0. The third-order valence-corrected chi connectivity index (χ3v) is 2.60. The number of nitrogens with one attached hydrogen (secondary N) is 1. The van der Waals surface area contributed by atoms with Gasteiger partial charge in [-0.15, -0.1) is 0 Å². The van der Waals surface area contributed by atoms with E-state index in [-0.39, 0.29) is 12.4 Å². The molecule has 5 heteroatoms. The molecule has 0 fully saturated rings. The lowest BCUT2D eigenvalue weighted by atomic mass is 10.2. The second-order valence-electron chi connectivity index (χ2n) is 3.86. The molecular formula is C14H15N3O2. The van der Waals surface area contributed by atoms with Gasteiger partial charge in [-0.2, -0.15) is 0 Å². The van der Waals surface area contributed by atoms with E-state index in [4.69, 9.17) is 20.6 Å². The van der Waals surface area contributed by atoms with E-state index < -0.39 is 0 Å². The maximum absolute atomic E-state index is 7.47. The number of nitrogens with zero attached hydrogens (tertiary/aromatic N) is 1. The van der Waals surface area contributed by atoms with Crippen molar-refractivity contribution in [3.63, 3.8) is 0 Å². The molecule has 2 aromatic rings. The summed E-state index contributed by atoms with van der Waals surface area (Å²) in [5.41, 5.74) is 6.69. The van der Waals surface area contributed by atoms with Gasteiger partial charge in [0.05, 0.1) is 7.11 Å². The van der Waals surface area contributed by atoms with Gasteiger partial charge in [-0.1, -0.05) is 18.2 Å². The van der Waals surface area contributed by atoms with Crippen molar-refractivity contribution in [2.75, 3.05) is 7.11 Å². The molecule has 0 aliphatic rings. The quantitative estimate of drug-likeness (QED) is 0.633. The minimum atomic E-state index is -0.0702. The van der Waals surface area contributed by atoms with E-state index >= 15 is 0 Å². The molecule has 0 saturated heterocycles. The molecule has 0 amide bonds. The molecule has 98 valence electrons. The van der Waals surface area contributed by atoms with Crippen LogP contribution in [0, 0.1) is 5.41 Å². The second-order valence-corrected chi connectivity index (χ2v) is 3.86. The van der Waals surface area contributed by atoms with Crippen LogP contribution in [0.15, 0.2) is 42.6 Å². The monoisotopic (exact) mass is 257 g/mol. The number of amidine groups is 1. The molecule has 1 aromatic carbocycles. The SMILES string of the molecule is COc1ccccc1OCc1cccnc1C(=N)N. The highest BCUT2D eigenvalue weighted by Gasteiger charge is 2.08. The Balaban J connectivity index is 2.17. The van der Waals surface area contributed by atoms with Gasteiger partial charge in [0.1, 0.15) is 18.1 Å². The Labute approximate surface area is 111 Å². The van der Waals surface area contributed by atoms with Crippen molar-refractivity contribution >= 4 is 5.84 Å². The largest absolute Gasteiger partial charge is 0.493 e. The predicted molar refractivity (Wildman–Crippen MR) is 72.6 cm³/mol. The van der Waals surface area contributed by atoms with Crippen molar-refractivity contribution in [2.24, 2.45) is 5.73 Å². The summed E-state index contributed by atoms with van der Waals surface area (Å²) in [6.45, 7) is 0.281. The summed E-state index contributed by atoms with van der Waals surface area (Å²) in [6.07, 6.45) is 1.60. The molecule has 5 nitrogen and oxygen atoms in total. The van der Waals surface area contributed by atoms with Crippen LogP contribution >= 0.6 is 0 Å². The third-order valence-electron chi connectivity index (χ3n) is 2.60. The zero-order valence-electron chi connectivity index (χ0n) is 10.6. The first kappa shape index (κ1) is 12.9. The summed E-state index contributed by atoms with van der Waals surface area (Å²) < 4.78 is 10.9. The topological polar surface area (TPSA) is 81.2 Å². The Kier molecular flexibility index (Phi) is 3.97. The number of hydrogen-bond acceptors (Lipinski definition) is 4. The lowest BCUT2D eigenvalue weighted by molar-refractivity contribution is 0.284. The summed E-state index contributed by atoms with van der Waals surface area (Å²) in [5.74, 6) is 1.23. The van der Waals surface area contributed by atoms with Crippen LogP contribution in [-0.2, 0) is 6.61 Å². The second kappa shape index (κ2) is 5.86. The van der Waals surface area contributed by atoms with E-state index in [2.05, 4.69) is 4.98 Å². The molecule has 0 spiro atoms. The van der Waals surface area contributed by atoms with Gasteiger partial charge >= 0.3 is 0 Å². The average molecular weight is 257 g/mol. The fourth-order valence-corrected chi connectivity index (χ4v) is 1.69. The van der Waals surface area contributed by atoms with Crippen molar-refractivity contribution in [3.05, 3.63) is 53.9 Å². The normalized spacial score (nSPS) is 9.95. The molecule has 0 aliphatic carbocycles. The first-order chi connectivity index (χ1) is 9.22. The first-order valence-corrected chi connectivity index (χ1v) is 5.76. The lowest BCUT2D eigenvalue weighted by Crippen LogP contribution is -2.16. The van der Waals surface area contributed by atoms with Crippen LogP contribution in [0.25, 0.3) is 0 Å². The number of hydrogen-bond donors (Lipinski definition) is 2. The number of para-hydroxylation sites is 2. The number of nitrogens with two attached hydrogens (primary N) is 1. The first-order valence-electron chi connectivity index (χ1n) is 5.76. The average Bonchev–Trinajstić information content (AvgIpc) is 2.45.